The van der Waals surface area contributed by atoms with E-state index in [1.54, 1.807) is 0 Å². The number of halogens is 8. The molecule has 0 aliphatic rings. The average molecular weight is 799 g/mol. The smallest absolute Gasteiger partial charge is 0.405 e. The highest BCUT2D eigenvalue weighted by molar-refractivity contribution is 6.30. The summed E-state index contributed by atoms with van der Waals surface area (Å²) in [5, 5.41) is 14.5. The van der Waals surface area contributed by atoms with E-state index in [0.717, 1.165) is 17.4 Å². The summed E-state index contributed by atoms with van der Waals surface area (Å²) in [6.45, 7) is 0.318. The van der Waals surface area contributed by atoms with Gasteiger partial charge in [0, 0.05) is 29.3 Å². The van der Waals surface area contributed by atoms with E-state index in [-0.39, 0.29) is 27.5 Å². The third-order valence-corrected chi connectivity index (χ3v) is 8.49. The number of rotatable bonds is 17. The van der Waals surface area contributed by atoms with Crippen LogP contribution in [0.5, 0.6) is 5.75 Å². The van der Waals surface area contributed by atoms with Gasteiger partial charge in [-0.25, -0.2) is 0 Å². The van der Waals surface area contributed by atoms with Gasteiger partial charge in [0.05, 0.1) is 18.7 Å². The largest absolute Gasteiger partial charge is 0.497 e. The van der Waals surface area contributed by atoms with Crippen molar-refractivity contribution in [3.05, 3.63) is 100 Å². The highest BCUT2D eigenvalue weighted by Gasteiger charge is 2.52. The third-order valence-electron chi connectivity index (χ3n) is 8.25. The van der Waals surface area contributed by atoms with E-state index < -0.39 is 96.2 Å². The summed E-state index contributed by atoms with van der Waals surface area (Å²) >= 11 is 5.84. The van der Waals surface area contributed by atoms with Crippen LogP contribution in [0.4, 0.5) is 30.7 Å². The van der Waals surface area contributed by atoms with Gasteiger partial charge in [-0.05, 0) is 53.4 Å². The number of nitriles is 1. The number of ether oxygens (including phenoxy) is 1. The number of methoxy groups -OCH3 is 1. The summed E-state index contributed by atoms with van der Waals surface area (Å²) in [5.41, 5.74) is -0.506. The van der Waals surface area contributed by atoms with Crippen molar-refractivity contribution in [1.82, 2.24) is 16.0 Å². The molecule has 0 saturated carbocycles. The number of alkyl halides is 7. The zero-order valence-electron chi connectivity index (χ0n) is 29.3. The van der Waals surface area contributed by atoms with Crippen molar-refractivity contribution in [3.8, 4) is 11.8 Å². The first-order chi connectivity index (χ1) is 25.6. The van der Waals surface area contributed by atoms with Crippen molar-refractivity contribution in [2.24, 2.45) is 11.8 Å². The number of carbonyl (C=O) groups is 5. The number of nitrogens with one attached hydrogen (secondary N) is 3. The second-order valence-corrected chi connectivity index (χ2v) is 13.0. The van der Waals surface area contributed by atoms with Crippen LogP contribution >= 0.6 is 11.6 Å². The van der Waals surface area contributed by atoms with Crippen LogP contribution in [0.25, 0.3) is 0 Å². The van der Waals surface area contributed by atoms with Crippen LogP contribution in [-0.4, -0.2) is 61.1 Å². The molecule has 3 amide bonds. The van der Waals surface area contributed by atoms with E-state index in [0.29, 0.717) is 0 Å². The molecule has 3 aromatic carbocycles. The lowest BCUT2D eigenvalue weighted by Gasteiger charge is -2.28. The molecule has 0 fully saturated rings. The molecule has 0 unspecified atom stereocenters. The minimum absolute atomic E-state index is 0.0235. The van der Waals surface area contributed by atoms with Gasteiger partial charge in [0.1, 0.15) is 24.4 Å². The molecular weight excluding hydrogens is 765 g/mol. The molecule has 3 rings (SSSR count). The normalized spacial score (nSPS) is 13.5. The first-order valence-corrected chi connectivity index (χ1v) is 16.7. The van der Waals surface area contributed by atoms with Crippen molar-refractivity contribution in [1.29, 1.82) is 5.26 Å². The molecule has 0 spiro atoms. The Morgan fingerprint density at radius 1 is 0.855 bits per heavy atom. The van der Waals surface area contributed by atoms with E-state index >= 15 is 8.78 Å². The van der Waals surface area contributed by atoms with Gasteiger partial charge in [-0.3, -0.25) is 24.0 Å². The quantitative estimate of drug-likeness (QED) is 0.112. The topological polar surface area (TPSA) is 154 Å². The van der Waals surface area contributed by atoms with Crippen molar-refractivity contribution in [3.63, 3.8) is 0 Å². The van der Waals surface area contributed by atoms with Crippen LogP contribution in [0.2, 0.25) is 5.02 Å². The van der Waals surface area contributed by atoms with Crippen LogP contribution in [0.1, 0.15) is 48.6 Å². The van der Waals surface area contributed by atoms with Gasteiger partial charge in [0.25, 0.3) is 11.8 Å². The molecule has 0 saturated heterocycles. The Bertz CT molecular complexity index is 1930. The van der Waals surface area contributed by atoms with Crippen LogP contribution < -0.4 is 20.7 Å². The van der Waals surface area contributed by atoms with Crippen molar-refractivity contribution >= 4 is 40.9 Å². The van der Waals surface area contributed by atoms with E-state index in [1.807, 2.05) is 11.4 Å². The van der Waals surface area contributed by atoms with Gasteiger partial charge in [0.2, 0.25) is 11.7 Å². The Kier molecular flexibility index (Phi) is 14.5. The Labute approximate surface area is 315 Å². The molecule has 0 aliphatic carbocycles. The zero-order chi connectivity index (χ0) is 41.3. The van der Waals surface area contributed by atoms with E-state index in [1.165, 1.54) is 81.6 Å². The first kappa shape index (κ1) is 43.9. The monoisotopic (exact) mass is 798 g/mol. The summed E-state index contributed by atoms with van der Waals surface area (Å²) < 4.78 is 104. The predicted octanol–water partition coefficient (Wildman–Crippen LogP) is 6.01. The standard InChI is InChI=1S/C37H34ClF7N4O6/c1-20(2)27(31(51)37(44,45)33(53)47-19-35(39,40)41)17-29(50)30(23-10-12-26(55-3)13-11-23)49-32(52)28(15-21-6-4-7-22(14-21)18-46)48-34(54)36(42,43)24-8-5-9-25(38)16-24/h4-14,16,20,27-28,30H,15,17,19H2,1-3H3,(H,47,53)(H,48,54)(H,49,52)/t27-,28-,30-/m0/s1. The maximum absolute atomic E-state index is 15.4. The molecule has 3 atom stereocenters. The van der Waals surface area contributed by atoms with E-state index in [2.05, 4.69) is 5.32 Å². The van der Waals surface area contributed by atoms with Crippen LogP contribution in [0.15, 0.2) is 72.8 Å². The number of carbonyl (C=O) groups excluding carboxylic acids is 5. The number of benzene rings is 3. The summed E-state index contributed by atoms with van der Waals surface area (Å²) in [6, 6.07) is 13.3. The molecule has 294 valence electrons. The van der Waals surface area contributed by atoms with Gasteiger partial charge in [-0.1, -0.05) is 61.8 Å². The third kappa shape index (κ3) is 11.7. The molecule has 18 heteroatoms. The molecule has 55 heavy (non-hydrogen) atoms. The lowest BCUT2D eigenvalue weighted by atomic mass is 9.82. The van der Waals surface area contributed by atoms with Crippen molar-refractivity contribution in [2.75, 3.05) is 13.7 Å². The summed E-state index contributed by atoms with van der Waals surface area (Å²) in [7, 11) is 1.32. The first-order valence-electron chi connectivity index (χ1n) is 16.3. The molecule has 0 heterocycles. The minimum Gasteiger partial charge on any atom is -0.497 e. The van der Waals surface area contributed by atoms with Gasteiger partial charge in [-0.2, -0.15) is 36.0 Å². The number of Topliss-reactive ketones (excluding diaryl/α,β-unsaturated/α-hetero) is 2. The predicted molar refractivity (Wildman–Crippen MR) is 183 cm³/mol. The second kappa shape index (κ2) is 18.2. The number of hydrogen-bond donors (Lipinski definition) is 3. The molecule has 0 aliphatic heterocycles. The fraction of sp³-hybridized carbons (Fsp3) is 0.351. The van der Waals surface area contributed by atoms with Crippen LogP contribution in [-0.2, 0) is 36.3 Å². The molecule has 10 nitrogen and oxygen atoms in total. The van der Waals surface area contributed by atoms with Crippen molar-refractivity contribution in [2.45, 2.75) is 56.8 Å². The number of ketones is 2. The van der Waals surface area contributed by atoms with Gasteiger partial charge >= 0.3 is 18.0 Å². The SMILES string of the molecule is COc1ccc([C@H](NC(=O)[C@H](Cc2cccc(C#N)c2)NC(=O)C(F)(F)c2cccc(Cl)c2)C(=O)C[C@H](C(=O)C(F)(F)C(=O)NCC(F)(F)F)C(C)C)cc1. The number of nitrogens with zero attached hydrogens (tertiary/aromatic N) is 1. The molecule has 0 aromatic heterocycles. The Morgan fingerprint density at radius 2 is 1.49 bits per heavy atom. The molecule has 3 aromatic rings. The number of amides is 3. The lowest BCUT2D eigenvalue weighted by molar-refractivity contribution is -0.167. The van der Waals surface area contributed by atoms with E-state index in [9.17, 15) is 51.2 Å². The lowest BCUT2D eigenvalue weighted by Crippen LogP contribution is -2.53. The van der Waals surface area contributed by atoms with Gasteiger partial charge in [-0.15, -0.1) is 0 Å². The number of hydrogen-bond acceptors (Lipinski definition) is 7. The molecule has 0 radical (unpaired) electrons. The average Bonchev–Trinajstić information content (AvgIpc) is 3.13. The van der Waals surface area contributed by atoms with Crippen LogP contribution in [0.3, 0.4) is 0 Å². The molecule has 3 N–H and O–H groups in total. The van der Waals surface area contributed by atoms with Gasteiger partial charge < -0.3 is 20.7 Å². The van der Waals surface area contributed by atoms with Gasteiger partial charge in [0.15, 0.2) is 5.78 Å². The second-order valence-electron chi connectivity index (χ2n) is 12.6. The zero-order valence-corrected chi connectivity index (χ0v) is 30.0. The van der Waals surface area contributed by atoms with E-state index in [4.69, 9.17) is 16.3 Å². The van der Waals surface area contributed by atoms with Crippen LogP contribution in [0, 0.1) is 23.2 Å². The minimum atomic E-state index is -5.08. The Hall–Kier alpha value is -5.50. The Balaban J connectivity index is 2.02. The summed E-state index contributed by atoms with van der Waals surface area (Å²) in [5.74, 6) is -21.1. The fourth-order valence-electron chi connectivity index (χ4n) is 5.27. The fourth-order valence-corrected chi connectivity index (χ4v) is 5.46. The Morgan fingerprint density at radius 3 is 2.05 bits per heavy atom. The maximum atomic E-state index is 15.4. The maximum Gasteiger partial charge on any atom is 0.405 e. The highest BCUT2D eigenvalue weighted by atomic mass is 35.5. The summed E-state index contributed by atoms with van der Waals surface area (Å²) in [4.78, 5) is 66.0. The molecular formula is C37H34ClF7N4O6. The summed E-state index contributed by atoms with van der Waals surface area (Å²) in [6.07, 6.45) is -6.66. The molecule has 0 bridgehead atoms. The highest BCUT2D eigenvalue weighted by Crippen LogP contribution is 2.32. The van der Waals surface area contributed by atoms with Crippen molar-refractivity contribution < 1.29 is 59.4 Å².